The number of anilines is 1. The number of hydrogen-bond acceptors (Lipinski definition) is 9. The molecular formula is C33H35FN8O3. The summed E-state index contributed by atoms with van der Waals surface area (Å²) in [6.45, 7) is 7.51. The summed E-state index contributed by atoms with van der Waals surface area (Å²) in [5.41, 5.74) is 6.89. The van der Waals surface area contributed by atoms with Gasteiger partial charge in [0, 0.05) is 43.3 Å². The molecule has 2 aromatic carbocycles. The Morgan fingerprint density at radius 1 is 1.13 bits per heavy atom. The van der Waals surface area contributed by atoms with Crippen LogP contribution in [-0.4, -0.2) is 80.4 Å². The summed E-state index contributed by atoms with van der Waals surface area (Å²) in [6.07, 6.45) is 4.51. The van der Waals surface area contributed by atoms with E-state index in [1.807, 2.05) is 32.0 Å². The quantitative estimate of drug-likeness (QED) is 0.233. The van der Waals surface area contributed by atoms with Gasteiger partial charge in [0.25, 0.3) is 5.91 Å². The van der Waals surface area contributed by atoms with Crippen molar-refractivity contribution in [2.24, 2.45) is 0 Å². The van der Waals surface area contributed by atoms with Crippen LogP contribution in [-0.2, 0) is 9.53 Å². The molecule has 0 radical (unpaired) electrons. The molecule has 4 aromatic rings. The number of nitrogens with two attached hydrogens (primary N) is 1. The van der Waals surface area contributed by atoms with Gasteiger partial charge < -0.3 is 20.1 Å². The van der Waals surface area contributed by atoms with Crippen LogP contribution < -0.4 is 10.5 Å². The summed E-state index contributed by atoms with van der Waals surface area (Å²) in [7, 11) is 0. The monoisotopic (exact) mass is 610 g/mol. The third-order valence-electron chi connectivity index (χ3n) is 8.40. The summed E-state index contributed by atoms with van der Waals surface area (Å²) in [4.78, 5) is 26.2. The Bertz CT molecular complexity index is 1780. The number of morpholine rings is 1. The zero-order chi connectivity index (χ0) is 31.6. The maximum Gasteiger partial charge on any atom is 0.264 e. The smallest absolute Gasteiger partial charge is 0.264 e. The molecule has 12 heteroatoms. The first-order chi connectivity index (χ1) is 21.7. The predicted molar refractivity (Wildman–Crippen MR) is 167 cm³/mol. The fourth-order valence-corrected chi connectivity index (χ4v) is 6.05. The maximum atomic E-state index is 15.6. The van der Waals surface area contributed by atoms with Gasteiger partial charge in [-0.05, 0) is 57.0 Å². The molecule has 0 aliphatic carbocycles. The van der Waals surface area contributed by atoms with Crippen molar-refractivity contribution in [1.82, 2.24) is 29.5 Å². The second kappa shape index (κ2) is 12.6. The van der Waals surface area contributed by atoms with Gasteiger partial charge in [-0.1, -0.05) is 18.2 Å². The number of hydrogen-bond donors (Lipinski definition) is 1. The van der Waals surface area contributed by atoms with Gasteiger partial charge >= 0.3 is 0 Å². The van der Waals surface area contributed by atoms with Crippen LogP contribution in [0.25, 0.3) is 22.3 Å². The van der Waals surface area contributed by atoms with Crippen molar-refractivity contribution in [1.29, 1.82) is 5.26 Å². The summed E-state index contributed by atoms with van der Waals surface area (Å²) >= 11 is 0. The van der Waals surface area contributed by atoms with Gasteiger partial charge in [0.15, 0.2) is 5.65 Å². The van der Waals surface area contributed by atoms with Crippen LogP contribution in [0, 0.1) is 17.1 Å². The molecule has 0 unspecified atom stereocenters. The highest BCUT2D eigenvalue weighted by molar-refractivity contribution is 5.99. The van der Waals surface area contributed by atoms with E-state index in [1.165, 1.54) is 12.4 Å². The molecule has 2 fully saturated rings. The molecule has 2 aromatic heterocycles. The molecule has 2 saturated heterocycles. The lowest BCUT2D eigenvalue weighted by Crippen LogP contribution is -2.49. The Morgan fingerprint density at radius 3 is 2.64 bits per heavy atom. The molecule has 0 bridgehead atoms. The van der Waals surface area contributed by atoms with E-state index in [4.69, 9.17) is 20.3 Å². The molecule has 232 valence electrons. The number of benzene rings is 2. The van der Waals surface area contributed by atoms with Crippen LogP contribution in [0.5, 0.6) is 11.5 Å². The highest BCUT2D eigenvalue weighted by atomic mass is 19.1. The summed E-state index contributed by atoms with van der Waals surface area (Å²) < 4.78 is 28.6. The summed E-state index contributed by atoms with van der Waals surface area (Å²) in [5, 5.41) is 15.2. The van der Waals surface area contributed by atoms with Gasteiger partial charge in [0.1, 0.15) is 46.8 Å². The highest BCUT2D eigenvalue weighted by Gasteiger charge is 2.33. The Balaban J connectivity index is 1.28. The Hall–Kier alpha value is -4.86. The first-order valence-electron chi connectivity index (χ1n) is 15.0. The van der Waals surface area contributed by atoms with Crippen molar-refractivity contribution in [3.8, 4) is 28.8 Å². The number of carbonyl (C=O) groups excluding carboxylic acids is 1. The number of ether oxygens (including phenoxy) is 2. The van der Waals surface area contributed by atoms with Crippen molar-refractivity contribution in [3.05, 3.63) is 72.3 Å². The van der Waals surface area contributed by atoms with Crippen LogP contribution in [0.4, 0.5) is 10.2 Å². The number of nitrogen functional groups attached to an aromatic ring is 1. The lowest BCUT2D eigenvalue weighted by atomic mass is 9.97. The van der Waals surface area contributed by atoms with Crippen LogP contribution in [0.2, 0.25) is 0 Å². The van der Waals surface area contributed by atoms with Crippen molar-refractivity contribution in [3.63, 3.8) is 0 Å². The Morgan fingerprint density at radius 2 is 1.91 bits per heavy atom. The zero-order valence-electron chi connectivity index (χ0n) is 25.3. The fourth-order valence-electron chi connectivity index (χ4n) is 6.05. The van der Waals surface area contributed by atoms with Gasteiger partial charge in [-0.3, -0.25) is 9.69 Å². The number of aromatic nitrogens is 4. The maximum absolute atomic E-state index is 15.6. The van der Waals surface area contributed by atoms with Gasteiger partial charge in [0.2, 0.25) is 0 Å². The molecule has 2 N–H and O–H groups in total. The van der Waals surface area contributed by atoms with Crippen molar-refractivity contribution < 1.29 is 18.7 Å². The second-order valence-corrected chi connectivity index (χ2v) is 11.8. The Kier molecular flexibility index (Phi) is 8.47. The number of piperidine rings is 1. The second-order valence-electron chi connectivity index (χ2n) is 11.8. The van der Waals surface area contributed by atoms with E-state index in [0.717, 1.165) is 13.1 Å². The SMILES string of the molecule is CC(C)(C=C(C#N)C(=O)N1CCC[C@H](n2nc(-c3ccc(Oc4ccccc4)cc3F)c3c(N)ncnc32)C1)N1CCOCC1. The first-order valence-corrected chi connectivity index (χ1v) is 15.0. The minimum Gasteiger partial charge on any atom is -0.457 e. The molecule has 4 heterocycles. The molecule has 45 heavy (non-hydrogen) atoms. The van der Waals surface area contributed by atoms with E-state index in [0.29, 0.717) is 67.4 Å². The van der Waals surface area contributed by atoms with Crippen molar-refractivity contribution in [2.45, 2.75) is 38.3 Å². The van der Waals surface area contributed by atoms with Crippen LogP contribution in [0.1, 0.15) is 32.7 Å². The van der Waals surface area contributed by atoms with Gasteiger partial charge in [-0.15, -0.1) is 0 Å². The van der Waals surface area contributed by atoms with E-state index >= 15 is 4.39 Å². The minimum absolute atomic E-state index is 0.101. The predicted octanol–water partition coefficient (Wildman–Crippen LogP) is 4.73. The summed E-state index contributed by atoms with van der Waals surface area (Å²) in [6, 6.07) is 15.6. The standard InChI is InChI=1S/C33H35FN8O3/c1-33(2,41-13-15-44-16-14-41)18-22(19-35)32(43)40-12-6-7-23(20-40)42-31-28(30(36)37-21-38-31)29(39-42)26-11-10-25(17-27(26)34)45-24-8-4-3-5-9-24/h3-5,8-11,17-18,21,23H,6-7,12-16,20H2,1-2H3,(H2,36,37,38)/t23-/m0/s1. The Labute approximate surface area is 260 Å². The number of likely N-dealkylation sites (tertiary alicyclic amines) is 1. The molecule has 0 saturated carbocycles. The van der Waals surface area contributed by atoms with Gasteiger partial charge in [0.05, 0.1) is 24.6 Å². The molecule has 1 amide bonds. The van der Waals surface area contributed by atoms with E-state index in [2.05, 4.69) is 20.9 Å². The number of rotatable bonds is 7. The summed E-state index contributed by atoms with van der Waals surface area (Å²) in [5.74, 6) is 0.247. The number of fused-ring (bicyclic) bond motifs is 1. The molecule has 2 aliphatic rings. The van der Waals surface area contributed by atoms with E-state index in [-0.39, 0.29) is 28.9 Å². The molecule has 11 nitrogen and oxygen atoms in total. The number of carbonyl (C=O) groups is 1. The average Bonchev–Trinajstić information content (AvgIpc) is 3.45. The molecule has 2 aliphatic heterocycles. The van der Waals surface area contributed by atoms with Crippen molar-refractivity contribution in [2.75, 3.05) is 45.1 Å². The van der Waals surface area contributed by atoms with Crippen LogP contribution in [0.15, 0.2) is 66.5 Å². The molecule has 6 rings (SSSR count). The number of nitriles is 1. The van der Waals surface area contributed by atoms with E-state index < -0.39 is 11.4 Å². The van der Waals surface area contributed by atoms with Crippen LogP contribution >= 0.6 is 0 Å². The molecule has 1 atom stereocenters. The highest BCUT2D eigenvalue weighted by Crippen LogP contribution is 2.36. The third kappa shape index (κ3) is 6.22. The molecular weight excluding hydrogens is 575 g/mol. The van der Waals surface area contributed by atoms with Gasteiger partial charge in [-0.25, -0.2) is 19.0 Å². The first kappa shape index (κ1) is 30.2. The number of amides is 1. The zero-order valence-corrected chi connectivity index (χ0v) is 25.3. The largest absolute Gasteiger partial charge is 0.457 e. The molecule has 0 spiro atoms. The fraction of sp³-hybridized carbons (Fsp3) is 0.364. The van der Waals surface area contributed by atoms with E-state index in [9.17, 15) is 10.1 Å². The normalized spacial score (nSPS) is 18.1. The minimum atomic E-state index is -0.537. The average molecular weight is 611 g/mol. The topological polar surface area (TPSA) is 135 Å². The van der Waals surface area contributed by atoms with Gasteiger partial charge in [-0.2, -0.15) is 10.4 Å². The number of nitrogens with zero attached hydrogens (tertiary/aromatic N) is 7. The van der Waals surface area contributed by atoms with E-state index in [1.54, 1.807) is 39.9 Å². The van der Waals surface area contributed by atoms with Crippen LogP contribution in [0.3, 0.4) is 0 Å². The number of para-hydroxylation sites is 1. The lowest BCUT2D eigenvalue weighted by molar-refractivity contribution is -0.128. The van der Waals surface area contributed by atoms with Crippen molar-refractivity contribution >= 4 is 22.8 Å². The lowest BCUT2D eigenvalue weighted by Gasteiger charge is -2.39. The number of halogens is 1. The third-order valence-corrected chi connectivity index (χ3v) is 8.40.